The van der Waals surface area contributed by atoms with Crippen LogP contribution in [0.5, 0.6) is 11.5 Å². The average molecular weight is 415 g/mol. The van der Waals surface area contributed by atoms with Gasteiger partial charge in [-0.1, -0.05) is 60.7 Å². The van der Waals surface area contributed by atoms with Gasteiger partial charge in [-0.3, -0.25) is 9.69 Å². The molecule has 0 bridgehead atoms. The van der Waals surface area contributed by atoms with Crippen molar-refractivity contribution in [3.63, 3.8) is 0 Å². The molecule has 0 saturated carbocycles. The van der Waals surface area contributed by atoms with Gasteiger partial charge in [-0.2, -0.15) is 0 Å². The first-order valence-corrected chi connectivity index (χ1v) is 11.0. The van der Waals surface area contributed by atoms with E-state index in [-0.39, 0.29) is 11.8 Å². The van der Waals surface area contributed by atoms with Gasteiger partial charge in [0.15, 0.2) is 0 Å². The van der Waals surface area contributed by atoms with Crippen LogP contribution in [0.1, 0.15) is 24.0 Å². The molecule has 3 aromatic carbocycles. The molecular weight excluding hydrogens is 384 g/mol. The van der Waals surface area contributed by atoms with E-state index in [0.29, 0.717) is 6.54 Å². The summed E-state index contributed by atoms with van der Waals surface area (Å²) < 4.78 is 5.98. The van der Waals surface area contributed by atoms with E-state index in [0.717, 1.165) is 44.0 Å². The minimum absolute atomic E-state index is 0.0613. The molecular formula is C27H30N2O2. The van der Waals surface area contributed by atoms with E-state index in [1.807, 2.05) is 72.6 Å². The molecule has 31 heavy (non-hydrogen) atoms. The summed E-state index contributed by atoms with van der Waals surface area (Å²) in [5.74, 6) is 1.99. The molecule has 1 heterocycles. The number of hydrogen-bond donors (Lipinski definition) is 0. The van der Waals surface area contributed by atoms with Crippen molar-refractivity contribution in [1.29, 1.82) is 0 Å². The van der Waals surface area contributed by atoms with Gasteiger partial charge < -0.3 is 9.64 Å². The highest BCUT2D eigenvalue weighted by Gasteiger charge is 2.28. The number of carbonyl (C=O) groups excluding carboxylic acids is 1. The van der Waals surface area contributed by atoms with E-state index in [9.17, 15) is 4.79 Å². The maximum absolute atomic E-state index is 13.0. The topological polar surface area (TPSA) is 32.8 Å². The molecule has 1 saturated heterocycles. The second-order valence-corrected chi connectivity index (χ2v) is 8.32. The molecule has 0 aromatic heterocycles. The fourth-order valence-electron chi connectivity index (χ4n) is 4.24. The molecule has 0 unspecified atom stereocenters. The molecule has 0 aliphatic carbocycles. The zero-order chi connectivity index (χ0) is 21.5. The summed E-state index contributed by atoms with van der Waals surface area (Å²) in [5, 5.41) is 0. The normalized spacial score (nSPS) is 16.6. The lowest BCUT2D eigenvalue weighted by Crippen LogP contribution is -2.43. The number of para-hydroxylation sites is 1. The molecule has 1 aliphatic rings. The molecule has 3 aromatic rings. The van der Waals surface area contributed by atoms with Crippen molar-refractivity contribution < 1.29 is 9.53 Å². The molecule has 0 N–H and O–H groups in total. The van der Waals surface area contributed by atoms with Crippen molar-refractivity contribution in [1.82, 2.24) is 9.80 Å². The number of rotatable bonds is 7. The van der Waals surface area contributed by atoms with Crippen LogP contribution in [0, 0.1) is 5.92 Å². The van der Waals surface area contributed by atoms with E-state index in [1.54, 1.807) is 0 Å². The maximum Gasteiger partial charge on any atom is 0.227 e. The molecule has 1 fully saturated rings. The number of piperidine rings is 1. The number of amides is 1. The Morgan fingerprint density at radius 3 is 2.39 bits per heavy atom. The van der Waals surface area contributed by atoms with Crippen LogP contribution in [-0.4, -0.2) is 35.8 Å². The lowest BCUT2D eigenvalue weighted by Gasteiger charge is -2.34. The Morgan fingerprint density at radius 2 is 1.61 bits per heavy atom. The van der Waals surface area contributed by atoms with E-state index in [2.05, 4.69) is 29.2 Å². The molecule has 1 aliphatic heterocycles. The number of benzene rings is 3. The third kappa shape index (κ3) is 5.96. The highest BCUT2D eigenvalue weighted by Crippen LogP contribution is 2.25. The second kappa shape index (κ2) is 10.3. The van der Waals surface area contributed by atoms with Gasteiger partial charge in [0.05, 0.1) is 5.92 Å². The molecule has 0 spiro atoms. The van der Waals surface area contributed by atoms with Crippen LogP contribution in [0.15, 0.2) is 84.9 Å². The van der Waals surface area contributed by atoms with Gasteiger partial charge >= 0.3 is 0 Å². The molecule has 4 heteroatoms. The van der Waals surface area contributed by atoms with Gasteiger partial charge in [0, 0.05) is 26.7 Å². The number of carbonyl (C=O) groups is 1. The van der Waals surface area contributed by atoms with Crippen molar-refractivity contribution in [3.05, 3.63) is 96.1 Å². The molecule has 160 valence electrons. The Balaban J connectivity index is 1.34. The van der Waals surface area contributed by atoms with Crippen LogP contribution in [0.2, 0.25) is 0 Å². The van der Waals surface area contributed by atoms with Crippen molar-refractivity contribution in [2.45, 2.75) is 25.9 Å². The van der Waals surface area contributed by atoms with Gasteiger partial charge in [-0.25, -0.2) is 0 Å². The van der Waals surface area contributed by atoms with Gasteiger partial charge in [-0.05, 0) is 54.8 Å². The number of hydrogen-bond acceptors (Lipinski definition) is 3. The Hall–Kier alpha value is -3.11. The minimum Gasteiger partial charge on any atom is -0.457 e. The van der Waals surface area contributed by atoms with Crippen LogP contribution in [0.3, 0.4) is 0 Å². The lowest BCUT2D eigenvalue weighted by molar-refractivity contribution is -0.136. The zero-order valence-corrected chi connectivity index (χ0v) is 18.1. The predicted molar refractivity (Wildman–Crippen MR) is 124 cm³/mol. The predicted octanol–water partition coefficient (Wildman–Crippen LogP) is 5.35. The first-order chi connectivity index (χ1) is 15.2. The monoisotopic (exact) mass is 414 g/mol. The van der Waals surface area contributed by atoms with E-state index in [1.165, 1.54) is 11.1 Å². The Labute approximate surface area is 185 Å². The van der Waals surface area contributed by atoms with Crippen LogP contribution < -0.4 is 4.74 Å². The van der Waals surface area contributed by atoms with Crippen molar-refractivity contribution in [2.75, 3.05) is 20.1 Å². The number of ether oxygens (including phenoxy) is 1. The number of likely N-dealkylation sites (tertiary alicyclic amines) is 1. The lowest BCUT2D eigenvalue weighted by atomic mass is 9.96. The van der Waals surface area contributed by atoms with Crippen LogP contribution in [0.4, 0.5) is 0 Å². The smallest absolute Gasteiger partial charge is 0.227 e. The molecule has 1 amide bonds. The fourth-order valence-corrected chi connectivity index (χ4v) is 4.24. The standard InChI is InChI=1S/C27H30N2O2/c1-28(19-22-10-4-2-5-11-22)27(30)24-13-9-17-29(21-24)20-23-12-8-16-26(18-23)31-25-14-6-3-7-15-25/h2-8,10-12,14-16,18,24H,9,13,17,19-21H2,1H3/t24-/m1/s1. The third-order valence-electron chi connectivity index (χ3n) is 5.78. The first-order valence-electron chi connectivity index (χ1n) is 11.0. The van der Waals surface area contributed by atoms with Crippen molar-refractivity contribution in [2.24, 2.45) is 5.92 Å². The second-order valence-electron chi connectivity index (χ2n) is 8.32. The highest BCUT2D eigenvalue weighted by molar-refractivity contribution is 5.79. The molecule has 0 radical (unpaired) electrons. The summed E-state index contributed by atoms with van der Waals surface area (Å²) in [7, 11) is 1.92. The summed E-state index contributed by atoms with van der Waals surface area (Å²) in [6, 6.07) is 28.3. The summed E-state index contributed by atoms with van der Waals surface area (Å²) >= 11 is 0. The summed E-state index contributed by atoms with van der Waals surface area (Å²) in [4.78, 5) is 17.3. The summed E-state index contributed by atoms with van der Waals surface area (Å²) in [6.45, 7) is 3.32. The molecule has 1 atom stereocenters. The van der Waals surface area contributed by atoms with Gasteiger partial charge in [0.1, 0.15) is 11.5 Å². The maximum atomic E-state index is 13.0. The van der Waals surface area contributed by atoms with Gasteiger partial charge in [0.25, 0.3) is 0 Å². The van der Waals surface area contributed by atoms with E-state index < -0.39 is 0 Å². The quantitative estimate of drug-likeness (QED) is 0.522. The van der Waals surface area contributed by atoms with Gasteiger partial charge in [-0.15, -0.1) is 0 Å². The Morgan fingerprint density at radius 1 is 0.935 bits per heavy atom. The largest absolute Gasteiger partial charge is 0.457 e. The van der Waals surface area contributed by atoms with Crippen molar-refractivity contribution in [3.8, 4) is 11.5 Å². The van der Waals surface area contributed by atoms with Crippen LogP contribution >= 0.6 is 0 Å². The molecule has 4 rings (SSSR count). The van der Waals surface area contributed by atoms with Crippen molar-refractivity contribution >= 4 is 5.91 Å². The van der Waals surface area contributed by atoms with Gasteiger partial charge in [0.2, 0.25) is 5.91 Å². The van der Waals surface area contributed by atoms with E-state index in [4.69, 9.17) is 4.74 Å². The molecule has 4 nitrogen and oxygen atoms in total. The SMILES string of the molecule is CN(Cc1ccccc1)C(=O)[C@@H]1CCCN(Cc2cccc(Oc3ccccc3)c2)C1. The zero-order valence-electron chi connectivity index (χ0n) is 18.1. The summed E-state index contributed by atoms with van der Waals surface area (Å²) in [6.07, 6.45) is 2.02. The van der Waals surface area contributed by atoms with Crippen LogP contribution in [0.25, 0.3) is 0 Å². The third-order valence-corrected chi connectivity index (χ3v) is 5.78. The summed E-state index contributed by atoms with van der Waals surface area (Å²) in [5.41, 5.74) is 2.38. The Kier molecular flexibility index (Phi) is 7.00. The average Bonchev–Trinajstić information content (AvgIpc) is 2.80. The number of nitrogens with zero attached hydrogens (tertiary/aromatic N) is 2. The minimum atomic E-state index is 0.0613. The van der Waals surface area contributed by atoms with Crippen LogP contribution in [-0.2, 0) is 17.9 Å². The first kappa shape index (κ1) is 21.1. The fraction of sp³-hybridized carbons (Fsp3) is 0.296. The highest BCUT2D eigenvalue weighted by atomic mass is 16.5. The Bertz CT molecular complexity index is 975. The van der Waals surface area contributed by atoms with E-state index >= 15 is 0 Å².